The third-order valence-electron chi connectivity index (χ3n) is 3.52. The summed E-state index contributed by atoms with van der Waals surface area (Å²) >= 11 is 5.86. The fourth-order valence-corrected chi connectivity index (χ4v) is 2.41. The third kappa shape index (κ3) is 4.21. The Morgan fingerprint density at radius 1 is 1.17 bits per heavy atom. The van der Waals surface area contributed by atoms with Crippen molar-refractivity contribution in [2.24, 2.45) is 0 Å². The van der Waals surface area contributed by atoms with Crippen molar-refractivity contribution >= 4 is 17.4 Å². The molecule has 1 atom stereocenters. The highest BCUT2D eigenvalue weighted by molar-refractivity contribution is 6.30. The summed E-state index contributed by atoms with van der Waals surface area (Å²) in [5, 5.41) is 11.2. The molecule has 0 aromatic heterocycles. The van der Waals surface area contributed by atoms with Crippen molar-refractivity contribution in [3.63, 3.8) is 0 Å². The molecule has 0 fully saturated rings. The van der Waals surface area contributed by atoms with Crippen molar-refractivity contribution in [1.29, 1.82) is 0 Å². The fourth-order valence-electron chi connectivity index (χ4n) is 2.28. The summed E-state index contributed by atoms with van der Waals surface area (Å²) in [4.78, 5) is 12.7. The van der Waals surface area contributed by atoms with Gasteiger partial charge < -0.3 is 9.84 Å². The zero-order valence-electron chi connectivity index (χ0n) is 13.1. The molecule has 1 unspecified atom stereocenters. The van der Waals surface area contributed by atoms with E-state index in [1.807, 2.05) is 6.92 Å². The monoisotopic (exact) mass is 330 g/mol. The first-order valence-electron chi connectivity index (χ1n) is 7.39. The van der Waals surface area contributed by atoms with Crippen LogP contribution in [0.5, 0.6) is 5.75 Å². The Bertz CT molecular complexity index is 688. The maximum atomic E-state index is 12.7. The first-order chi connectivity index (χ1) is 11.1. The largest absolute Gasteiger partial charge is 0.497 e. The summed E-state index contributed by atoms with van der Waals surface area (Å²) in [5.74, 6) is 0.498. The van der Waals surface area contributed by atoms with Gasteiger partial charge in [-0.1, -0.05) is 36.7 Å². The van der Waals surface area contributed by atoms with Gasteiger partial charge in [0.15, 0.2) is 5.78 Å². The van der Waals surface area contributed by atoms with E-state index in [-0.39, 0.29) is 5.78 Å². The van der Waals surface area contributed by atoms with E-state index in [1.165, 1.54) is 0 Å². The number of methoxy groups -OCH3 is 1. The third-order valence-corrected chi connectivity index (χ3v) is 3.77. The van der Waals surface area contributed by atoms with Gasteiger partial charge in [0.2, 0.25) is 0 Å². The predicted octanol–water partition coefficient (Wildman–Crippen LogP) is 4.60. The zero-order valence-corrected chi connectivity index (χ0v) is 13.9. The van der Waals surface area contributed by atoms with Crippen molar-refractivity contribution < 1.29 is 14.6 Å². The second-order valence-corrected chi connectivity index (χ2v) is 5.52. The summed E-state index contributed by atoms with van der Waals surface area (Å²) < 4.78 is 5.11. The van der Waals surface area contributed by atoms with E-state index in [0.29, 0.717) is 33.9 Å². The molecular formula is C19H19ClO3. The number of halogens is 1. The first-order valence-corrected chi connectivity index (χ1v) is 7.77. The zero-order chi connectivity index (χ0) is 16.8. The highest BCUT2D eigenvalue weighted by atomic mass is 35.5. The molecule has 0 bridgehead atoms. The summed E-state index contributed by atoms with van der Waals surface area (Å²) in [5.41, 5.74) is 1.51. The number of ether oxygens (including phenoxy) is 1. The molecule has 0 aliphatic rings. The molecule has 0 aliphatic carbocycles. The molecule has 3 nitrogen and oxygen atoms in total. The molecule has 23 heavy (non-hydrogen) atoms. The topological polar surface area (TPSA) is 46.5 Å². The van der Waals surface area contributed by atoms with Gasteiger partial charge in [0.1, 0.15) is 11.9 Å². The van der Waals surface area contributed by atoms with Crippen LogP contribution < -0.4 is 4.74 Å². The summed E-state index contributed by atoms with van der Waals surface area (Å²) in [6, 6.07) is 13.7. The van der Waals surface area contributed by atoms with Crippen molar-refractivity contribution in [2.45, 2.75) is 19.4 Å². The molecule has 0 heterocycles. The van der Waals surface area contributed by atoms with Crippen LogP contribution in [0.25, 0.3) is 0 Å². The lowest BCUT2D eigenvalue weighted by atomic mass is 9.93. The number of carbonyl (C=O) groups is 1. The molecule has 0 saturated heterocycles. The number of hydrogen-bond acceptors (Lipinski definition) is 3. The van der Waals surface area contributed by atoms with E-state index >= 15 is 0 Å². The lowest BCUT2D eigenvalue weighted by Gasteiger charge is -2.15. The highest BCUT2D eigenvalue weighted by Crippen LogP contribution is 2.27. The van der Waals surface area contributed by atoms with Gasteiger partial charge in [-0.3, -0.25) is 4.79 Å². The molecule has 4 heteroatoms. The molecule has 0 spiro atoms. The molecule has 120 valence electrons. The van der Waals surface area contributed by atoms with Gasteiger partial charge in [0.05, 0.1) is 7.11 Å². The lowest BCUT2D eigenvalue weighted by Crippen LogP contribution is -2.12. The fraction of sp³-hybridized carbons (Fsp3) is 0.211. The van der Waals surface area contributed by atoms with E-state index in [4.69, 9.17) is 16.3 Å². The molecule has 2 aromatic carbocycles. The Morgan fingerprint density at radius 2 is 1.78 bits per heavy atom. The molecule has 0 amide bonds. The number of carbonyl (C=O) groups excluding carboxylic acids is 1. The van der Waals surface area contributed by atoms with Crippen molar-refractivity contribution in [3.8, 4) is 5.75 Å². The van der Waals surface area contributed by atoms with Crippen molar-refractivity contribution in [1.82, 2.24) is 0 Å². The normalized spacial score (nSPS) is 12.8. The SMILES string of the molecule is CC/C=C(\C(=O)c1ccc(Cl)cc1)C(O)c1ccc(OC)cc1. The average molecular weight is 331 g/mol. The summed E-state index contributed by atoms with van der Waals surface area (Å²) in [6.45, 7) is 1.93. The maximum Gasteiger partial charge on any atom is 0.191 e. The van der Waals surface area contributed by atoms with Crippen molar-refractivity contribution in [2.75, 3.05) is 7.11 Å². The van der Waals surface area contributed by atoms with Gasteiger partial charge >= 0.3 is 0 Å². The van der Waals surface area contributed by atoms with Crippen LogP contribution in [0.15, 0.2) is 60.2 Å². The molecule has 2 aromatic rings. The molecule has 2 rings (SSSR count). The molecule has 1 N–H and O–H groups in total. The van der Waals surface area contributed by atoms with E-state index < -0.39 is 6.10 Å². The first kappa shape index (κ1) is 17.3. The van der Waals surface area contributed by atoms with Gasteiger partial charge in [-0.05, 0) is 48.4 Å². The van der Waals surface area contributed by atoms with E-state index in [9.17, 15) is 9.90 Å². The average Bonchev–Trinajstić information content (AvgIpc) is 2.59. The minimum absolute atomic E-state index is 0.202. The number of hydrogen-bond donors (Lipinski definition) is 1. The molecular weight excluding hydrogens is 312 g/mol. The number of allylic oxidation sites excluding steroid dienone is 1. The number of benzene rings is 2. The number of ketones is 1. The lowest BCUT2D eigenvalue weighted by molar-refractivity contribution is 0.0986. The molecule has 0 radical (unpaired) electrons. The minimum Gasteiger partial charge on any atom is -0.497 e. The smallest absolute Gasteiger partial charge is 0.191 e. The van der Waals surface area contributed by atoms with Crippen LogP contribution in [0.1, 0.15) is 35.4 Å². The van der Waals surface area contributed by atoms with Gasteiger partial charge in [-0.2, -0.15) is 0 Å². The van der Waals surface area contributed by atoms with Crippen molar-refractivity contribution in [3.05, 3.63) is 76.3 Å². The second kappa shape index (κ2) is 7.95. The van der Waals surface area contributed by atoms with E-state index in [1.54, 1.807) is 61.7 Å². The Balaban J connectivity index is 2.31. The number of aliphatic hydroxyl groups excluding tert-OH is 1. The Labute approximate surface area is 141 Å². The predicted molar refractivity (Wildman–Crippen MR) is 92.1 cm³/mol. The Hall–Kier alpha value is -2.10. The van der Waals surface area contributed by atoms with Gasteiger partial charge in [0.25, 0.3) is 0 Å². The van der Waals surface area contributed by atoms with Crippen LogP contribution in [0.3, 0.4) is 0 Å². The number of Topliss-reactive ketones (excluding diaryl/α,β-unsaturated/α-hetero) is 1. The minimum atomic E-state index is -0.982. The maximum absolute atomic E-state index is 12.7. The van der Waals surface area contributed by atoms with E-state index in [0.717, 1.165) is 0 Å². The van der Waals surface area contributed by atoms with Crippen LogP contribution >= 0.6 is 11.6 Å². The number of rotatable bonds is 6. The van der Waals surface area contributed by atoms with Crippen LogP contribution in [-0.2, 0) is 0 Å². The summed E-state index contributed by atoms with van der Waals surface area (Å²) in [7, 11) is 1.58. The highest BCUT2D eigenvalue weighted by Gasteiger charge is 2.21. The molecule has 0 saturated carbocycles. The van der Waals surface area contributed by atoms with E-state index in [2.05, 4.69) is 0 Å². The van der Waals surface area contributed by atoms with Gasteiger partial charge in [0, 0.05) is 16.2 Å². The summed E-state index contributed by atoms with van der Waals surface area (Å²) in [6.07, 6.45) is 1.43. The second-order valence-electron chi connectivity index (χ2n) is 5.08. The molecule has 0 aliphatic heterocycles. The number of aliphatic hydroxyl groups is 1. The Kier molecular flexibility index (Phi) is 5.97. The quantitative estimate of drug-likeness (QED) is 0.622. The van der Waals surface area contributed by atoms with Gasteiger partial charge in [-0.25, -0.2) is 0 Å². The van der Waals surface area contributed by atoms with Gasteiger partial charge in [-0.15, -0.1) is 0 Å². The van der Waals surface area contributed by atoms with Crippen LogP contribution in [0, 0.1) is 0 Å². The van der Waals surface area contributed by atoms with Crippen LogP contribution in [-0.4, -0.2) is 18.0 Å². The Morgan fingerprint density at radius 3 is 2.30 bits per heavy atom. The standard InChI is InChI=1S/C19H19ClO3/c1-3-4-17(18(21)13-5-9-15(20)10-6-13)19(22)14-7-11-16(23-2)12-8-14/h4-12,19,22H,3H2,1-2H3/b17-4+. The van der Waals surface area contributed by atoms with Crippen LogP contribution in [0.4, 0.5) is 0 Å². The van der Waals surface area contributed by atoms with Crippen LogP contribution in [0.2, 0.25) is 5.02 Å².